The summed E-state index contributed by atoms with van der Waals surface area (Å²) in [4.78, 5) is 0. The smallest absolute Gasteiger partial charge is 0.0209 e. The molecule has 0 aliphatic carbocycles. The number of nitrogens with one attached hydrogen (secondary N) is 1. The molecule has 0 fully saturated rings. The molecule has 0 aliphatic heterocycles. The van der Waals surface area contributed by atoms with Gasteiger partial charge in [0.2, 0.25) is 0 Å². The van der Waals surface area contributed by atoms with Crippen LogP contribution in [0.2, 0.25) is 0 Å². The maximum atomic E-state index is 3.63. The van der Waals surface area contributed by atoms with E-state index in [-0.39, 0.29) is 5.54 Å². The Morgan fingerprint density at radius 1 is 1.18 bits per heavy atom. The number of rotatable bonds is 5. The molecule has 1 N–H and O–H groups in total. The van der Waals surface area contributed by atoms with Crippen molar-refractivity contribution < 1.29 is 0 Å². The molecule has 1 aromatic carbocycles. The zero-order chi connectivity index (χ0) is 12.9. The first-order valence-corrected chi connectivity index (χ1v) is 7.18. The third-order valence-corrected chi connectivity index (χ3v) is 3.47. The van der Waals surface area contributed by atoms with Crippen molar-refractivity contribution >= 4 is 15.9 Å². The van der Waals surface area contributed by atoms with Gasteiger partial charge < -0.3 is 5.32 Å². The molecule has 0 spiro atoms. The van der Waals surface area contributed by atoms with Crippen LogP contribution in [0.4, 0.5) is 0 Å². The van der Waals surface area contributed by atoms with Crippen LogP contribution >= 0.6 is 15.9 Å². The van der Waals surface area contributed by atoms with Crippen LogP contribution in [0.25, 0.3) is 0 Å². The van der Waals surface area contributed by atoms with Crippen LogP contribution in [0.3, 0.4) is 0 Å². The maximum absolute atomic E-state index is 3.63. The Balaban J connectivity index is 2.27. The van der Waals surface area contributed by atoms with E-state index in [2.05, 4.69) is 67.1 Å². The molecule has 0 aromatic heterocycles. The molecule has 1 rings (SSSR count). The van der Waals surface area contributed by atoms with E-state index in [1.54, 1.807) is 0 Å². The predicted octanol–water partition coefficient (Wildman–Crippen LogP) is 4.47. The van der Waals surface area contributed by atoms with Crippen LogP contribution in [-0.2, 0) is 6.42 Å². The number of hydrogen-bond acceptors (Lipinski definition) is 1. The monoisotopic (exact) mass is 297 g/mol. The molecule has 96 valence electrons. The van der Waals surface area contributed by atoms with Gasteiger partial charge in [-0.15, -0.1) is 0 Å². The van der Waals surface area contributed by atoms with Crippen LogP contribution in [-0.4, -0.2) is 12.1 Å². The molecule has 2 heteroatoms. The second-order valence-electron chi connectivity index (χ2n) is 5.73. The molecule has 0 atom stereocenters. The van der Waals surface area contributed by atoms with Gasteiger partial charge in [0.05, 0.1) is 0 Å². The van der Waals surface area contributed by atoms with Gasteiger partial charge in [-0.2, -0.15) is 0 Å². The molecule has 0 heterocycles. The number of aryl methyl sites for hydroxylation is 2. The van der Waals surface area contributed by atoms with E-state index in [1.165, 1.54) is 28.4 Å². The van der Waals surface area contributed by atoms with Crippen LogP contribution in [0, 0.1) is 6.92 Å². The van der Waals surface area contributed by atoms with Crippen molar-refractivity contribution in [1.82, 2.24) is 5.32 Å². The number of benzene rings is 1. The molecule has 0 bridgehead atoms. The Morgan fingerprint density at radius 2 is 1.88 bits per heavy atom. The minimum Gasteiger partial charge on any atom is -0.312 e. The molecule has 0 saturated heterocycles. The zero-order valence-corrected chi connectivity index (χ0v) is 13.0. The van der Waals surface area contributed by atoms with Gasteiger partial charge in [-0.25, -0.2) is 0 Å². The third kappa shape index (κ3) is 6.23. The van der Waals surface area contributed by atoms with E-state index >= 15 is 0 Å². The molecule has 0 saturated carbocycles. The molecule has 0 amide bonds. The summed E-state index contributed by atoms with van der Waals surface area (Å²) in [6, 6.07) is 6.62. The van der Waals surface area contributed by atoms with Gasteiger partial charge in [0.1, 0.15) is 0 Å². The minimum absolute atomic E-state index is 0.241. The molecule has 0 radical (unpaired) electrons. The summed E-state index contributed by atoms with van der Waals surface area (Å²) in [5.74, 6) is 0. The van der Waals surface area contributed by atoms with Crippen LogP contribution < -0.4 is 5.32 Å². The van der Waals surface area contributed by atoms with Crippen molar-refractivity contribution in [2.75, 3.05) is 6.54 Å². The summed E-state index contributed by atoms with van der Waals surface area (Å²) < 4.78 is 1.25. The second kappa shape index (κ2) is 6.55. The summed E-state index contributed by atoms with van der Waals surface area (Å²) in [7, 11) is 0. The van der Waals surface area contributed by atoms with E-state index in [9.17, 15) is 0 Å². The van der Waals surface area contributed by atoms with E-state index in [4.69, 9.17) is 0 Å². The Morgan fingerprint density at radius 3 is 2.47 bits per heavy atom. The Kier molecular flexibility index (Phi) is 5.68. The summed E-state index contributed by atoms with van der Waals surface area (Å²) >= 11 is 3.63. The quantitative estimate of drug-likeness (QED) is 0.791. The molecule has 1 aromatic rings. The van der Waals surface area contributed by atoms with Crippen molar-refractivity contribution in [3.63, 3.8) is 0 Å². The summed E-state index contributed by atoms with van der Waals surface area (Å²) in [5, 5.41) is 3.52. The maximum Gasteiger partial charge on any atom is 0.0209 e. The lowest BCUT2D eigenvalue weighted by molar-refractivity contribution is 0.419. The average Bonchev–Trinajstić information content (AvgIpc) is 2.18. The van der Waals surface area contributed by atoms with Gasteiger partial charge in [0.25, 0.3) is 0 Å². The van der Waals surface area contributed by atoms with E-state index in [0.717, 1.165) is 13.0 Å². The van der Waals surface area contributed by atoms with Crippen molar-refractivity contribution in [2.24, 2.45) is 0 Å². The molecule has 1 nitrogen and oxygen atoms in total. The van der Waals surface area contributed by atoms with Crippen LogP contribution in [0.5, 0.6) is 0 Å². The van der Waals surface area contributed by atoms with E-state index in [0.29, 0.717) is 0 Å². The highest BCUT2D eigenvalue weighted by atomic mass is 79.9. The largest absolute Gasteiger partial charge is 0.312 e. The van der Waals surface area contributed by atoms with Gasteiger partial charge in [0, 0.05) is 10.0 Å². The molecular weight excluding hydrogens is 274 g/mol. The van der Waals surface area contributed by atoms with Crippen molar-refractivity contribution in [3.8, 4) is 0 Å². The highest BCUT2D eigenvalue weighted by molar-refractivity contribution is 9.10. The topological polar surface area (TPSA) is 12.0 Å². The van der Waals surface area contributed by atoms with E-state index < -0.39 is 0 Å². The third-order valence-electron chi connectivity index (χ3n) is 2.74. The van der Waals surface area contributed by atoms with Crippen LogP contribution in [0.1, 0.15) is 44.7 Å². The Labute approximate surface area is 114 Å². The van der Waals surface area contributed by atoms with Crippen molar-refractivity contribution in [3.05, 3.63) is 33.8 Å². The molecule has 17 heavy (non-hydrogen) atoms. The predicted molar refractivity (Wildman–Crippen MR) is 79.6 cm³/mol. The lowest BCUT2D eigenvalue weighted by atomic mass is 10.1. The number of halogens is 1. The van der Waals surface area contributed by atoms with E-state index in [1.807, 2.05) is 0 Å². The highest BCUT2D eigenvalue weighted by Gasteiger charge is 2.07. The minimum atomic E-state index is 0.241. The first kappa shape index (κ1) is 14.7. The SMILES string of the molecule is Cc1ccc(CCCCNC(C)(C)C)c(Br)c1. The lowest BCUT2D eigenvalue weighted by Gasteiger charge is -2.20. The second-order valence-corrected chi connectivity index (χ2v) is 6.58. The lowest BCUT2D eigenvalue weighted by Crippen LogP contribution is -2.36. The molecular formula is C15H24BrN. The normalized spacial score (nSPS) is 11.8. The Hall–Kier alpha value is -0.340. The first-order chi connectivity index (χ1) is 7.88. The van der Waals surface area contributed by atoms with Crippen LogP contribution in [0.15, 0.2) is 22.7 Å². The fraction of sp³-hybridized carbons (Fsp3) is 0.600. The van der Waals surface area contributed by atoms with Gasteiger partial charge >= 0.3 is 0 Å². The zero-order valence-electron chi connectivity index (χ0n) is 11.4. The summed E-state index contributed by atoms with van der Waals surface area (Å²) in [6.07, 6.45) is 3.63. The fourth-order valence-corrected chi connectivity index (χ4v) is 2.45. The molecule has 0 aliphatic rings. The van der Waals surface area contributed by atoms with Gasteiger partial charge in [-0.3, -0.25) is 0 Å². The summed E-state index contributed by atoms with van der Waals surface area (Å²) in [6.45, 7) is 9.87. The molecule has 0 unspecified atom stereocenters. The van der Waals surface area contributed by atoms with Crippen molar-refractivity contribution in [2.45, 2.75) is 52.5 Å². The van der Waals surface area contributed by atoms with Gasteiger partial charge in [0.15, 0.2) is 0 Å². The van der Waals surface area contributed by atoms with Gasteiger partial charge in [-0.05, 0) is 70.7 Å². The van der Waals surface area contributed by atoms with Gasteiger partial charge in [-0.1, -0.05) is 28.1 Å². The Bertz CT molecular complexity index is 352. The average molecular weight is 298 g/mol. The number of hydrogen-bond donors (Lipinski definition) is 1. The fourth-order valence-electron chi connectivity index (χ4n) is 1.76. The standard InChI is InChI=1S/C15H24BrN/c1-12-8-9-13(14(16)11-12)7-5-6-10-17-15(2,3)4/h8-9,11,17H,5-7,10H2,1-4H3. The highest BCUT2D eigenvalue weighted by Crippen LogP contribution is 2.20. The van der Waals surface area contributed by atoms with Crippen molar-refractivity contribution in [1.29, 1.82) is 0 Å². The summed E-state index contributed by atoms with van der Waals surface area (Å²) in [5.41, 5.74) is 2.98. The number of unbranched alkanes of at least 4 members (excludes halogenated alkanes) is 1. The first-order valence-electron chi connectivity index (χ1n) is 6.38.